The Bertz CT molecular complexity index is 970. The van der Waals surface area contributed by atoms with Crippen molar-refractivity contribution in [3.8, 4) is 0 Å². The first-order valence-electron chi connectivity index (χ1n) is 10.1. The zero-order chi connectivity index (χ0) is 20.8. The van der Waals surface area contributed by atoms with Crippen molar-refractivity contribution >= 4 is 29.0 Å². The van der Waals surface area contributed by atoms with Gasteiger partial charge in [0.1, 0.15) is 0 Å². The van der Waals surface area contributed by atoms with E-state index in [4.69, 9.17) is 0 Å². The third-order valence-corrected chi connectivity index (χ3v) is 5.13. The van der Waals surface area contributed by atoms with Crippen LogP contribution in [0.25, 0.3) is 0 Å². The maximum Gasteiger partial charge on any atom is 0.321 e. The van der Waals surface area contributed by atoms with Gasteiger partial charge in [0.2, 0.25) is 0 Å². The second-order valence-corrected chi connectivity index (χ2v) is 7.05. The van der Waals surface area contributed by atoms with Gasteiger partial charge in [0.25, 0.3) is 0 Å². The van der Waals surface area contributed by atoms with Gasteiger partial charge < -0.3 is 20.4 Å². The van der Waals surface area contributed by atoms with E-state index in [1.165, 1.54) is 0 Å². The Morgan fingerprint density at radius 3 is 2.43 bits per heavy atom. The number of hydrogen-bond donors (Lipinski definition) is 2. The van der Waals surface area contributed by atoms with E-state index < -0.39 is 0 Å². The highest BCUT2D eigenvalue weighted by Crippen LogP contribution is 2.19. The smallest absolute Gasteiger partial charge is 0.321 e. The van der Waals surface area contributed by atoms with Crippen LogP contribution in [0.2, 0.25) is 0 Å². The molecule has 0 spiro atoms. The highest BCUT2D eigenvalue weighted by molar-refractivity contribution is 5.90. The van der Waals surface area contributed by atoms with Crippen LogP contribution in [-0.4, -0.2) is 52.3 Å². The van der Waals surface area contributed by atoms with Crippen LogP contribution in [0.5, 0.6) is 0 Å². The molecule has 0 bridgehead atoms. The highest BCUT2D eigenvalue weighted by atomic mass is 16.2. The molecular formula is C22H25N7O. The minimum atomic E-state index is -0.0569. The Labute approximate surface area is 176 Å². The molecule has 3 aromatic rings. The molecule has 8 heteroatoms. The molecule has 1 saturated heterocycles. The third kappa shape index (κ3) is 4.65. The molecule has 0 saturated carbocycles. The molecule has 0 aliphatic carbocycles. The predicted molar refractivity (Wildman–Crippen MR) is 118 cm³/mol. The molecule has 0 unspecified atom stereocenters. The van der Waals surface area contributed by atoms with Gasteiger partial charge in [-0.2, -0.15) is 0 Å². The van der Waals surface area contributed by atoms with Gasteiger partial charge in [-0.25, -0.2) is 4.79 Å². The summed E-state index contributed by atoms with van der Waals surface area (Å²) in [5, 5.41) is 14.8. The van der Waals surface area contributed by atoms with Crippen molar-refractivity contribution in [3.63, 3.8) is 0 Å². The van der Waals surface area contributed by atoms with Crippen LogP contribution in [0.4, 0.5) is 27.8 Å². The molecule has 2 amide bonds. The van der Waals surface area contributed by atoms with Gasteiger partial charge in [-0.15, -0.1) is 10.2 Å². The maximum absolute atomic E-state index is 12.7. The molecule has 2 aromatic heterocycles. The van der Waals surface area contributed by atoms with E-state index in [0.29, 0.717) is 32.0 Å². The lowest BCUT2D eigenvalue weighted by Crippen LogP contribution is -2.50. The van der Waals surface area contributed by atoms with Crippen LogP contribution in [-0.2, 0) is 6.42 Å². The number of anilines is 4. The normalized spacial score (nSPS) is 13.8. The first-order valence-corrected chi connectivity index (χ1v) is 10.1. The van der Waals surface area contributed by atoms with Crippen LogP contribution in [0.15, 0.2) is 60.9 Å². The molecule has 1 aliphatic rings. The Kier molecular flexibility index (Phi) is 6.03. The van der Waals surface area contributed by atoms with Crippen LogP contribution in [0.3, 0.4) is 0 Å². The first-order chi connectivity index (χ1) is 14.7. The second-order valence-electron chi connectivity index (χ2n) is 7.05. The third-order valence-electron chi connectivity index (χ3n) is 5.13. The molecule has 4 rings (SSSR count). The number of pyridine rings is 1. The summed E-state index contributed by atoms with van der Waals surface area (Å²) < 4.78 is 0. The fourth-order valence-corrected chi connectivity index (χ4v) is 3.43. The van der Waals surface area contributed by atoms with Gasteiger partial charge in [-0.05, 0) is 42.3 Å². The quantitative estimate of drug-likeness (QED) is 0.678. The number of aromatic nitrogens is 3. The van der Waals surface area contributed by atoms with Gasteiger partial charge in [-0.1, -0.05) is 25.1 Å². The lowest BCUT2D eigenvalue weighted by molar-refractivity contribution is 0.208. The predicted octanol–water partition coefficient (Wildman–Crippen LogP) is 3.53. The largest absolute Gasteiger partial charge is 0.352 e. The number of aryl methyl sites for hydroxylation is 1. The molecule has 154 valence electrons. The van der Waals surface area contributed by atoms with E-state index in [0.717, 1.165) is 29.2 Å². The first kappa shape index (κ1) is 19.6. The number of urea groups is 1. The van der Waals surface area contributed by atoms with Crippen molar-refractivity contribution in [2.75, 3.05) is 41.7 Å². The highest BCUT2D eigenvalue weighted by Gasteiger charge is 2.22. The average molecular weight is 403 g/mol. The van der Waals surface area contributed by atoms with E-state index in [1.807, 2.05) is 53.4 Å². The van der Waals surface area contributed by atoms with Crippen molar-refractivity contribution in [1.29, 1.82) is 0 Å². The standard InChI is InChI=1S/C22H25N7O/c1-2-17-5-3-4-6-19(17)25-22(30)29-15-13-28(14-16-29)21-8-7-20(26-27-21)24-18-9-11-23-12-10-18/h3-12H,2,13-16H2,1H3,(H,25,30)(H,23,24,26). The van der Waals surface area contributed by atoms with E-state index in [-0.39, 0.29) is 6.03 Å². The van der Waals surface area contributed by atoms with Gasteiger partial charge in [0.05, 0.1) is 0 Å². The number of rotatable bonds is 5. The number of carbonyl (C=O) groups is 1. The topological polar surface area (TPSA) is 86.3 Å². The van der Waals surface area contributed by atoms with Crippen LogP contribution >= 0.6 is 0 Å². The summed E-state index contributed by atoms with van der Waals surface area (Å²) in [5.74, 6) is 1.49. The van der Waals surface area contributed by atoms with E-state index in [9.17, 15) is 4.79 Å². The number of hydrogen-bond acceptors (Lipinski definition) is 6. The maximum atomic E-state index is 12.7. The fourth-order valence-electron chi connectivity index (χ4n) is 3.43. The number of nitrogens with zero attached hydrogens (tertiary/aromatic N) is 5. The van der Waals surface area contributed by atoms with E-state index in [1.54, 1.807) is 12.4 Å². The van der Waals surface area contributed by atoms with Crippen molar-refractivity contribution in [2.45, 2.75) is 13.3 Å². The number of carbonyl (C=O) groups excluding carboxylic acids is 1. The molecule has 1 fully saturated rings. The summed E-state index contributed by atoms with van der Waals surface area (Å²) >= 11 is 0. The Morgan fingerprint density at radius 2 is 1.73 bits per heavy atom. The monoisotopic (exact) mass is 403 g/mol. The molecule has 0 radical (unpaired) electrons. The van der Waals surface area contributed by atoms with Crippen LogP contribution < -0.4 is 15.5 Å². The fraction of sp³-hybridized carbons (Fsp3) is 0.273. The van der Waals surface area contributed by atoms with Crippen molar-refractivity contribution in [1.82, 2.24) is 20.1 Å². The Balaban J connectivity index is 1.31. The lowest BCUT2D eigenvalue weighted by atomic mass is 10.1. The summed E-state index contributed by atoms with van der Waals surface area (Å²) in [6.45, 7) is 4.80. The molecule has 0 atom stereocenters. The van der Waals surface area contributed by atoms with Crippen molar-refractivity contribution in [2.24, 2.45) is 0 Å². The number of para-hydroxylation sites is 1. The molecule has 30 heavy (non-hydrogen) atoms. The summed E-state index contributed by atoms with van der Waals surface area (Å²) in [6, 6.07) is 15.5. The average Bonchev–Trinajstić information content (AvgIpc) is 2.81. The lowest BCUT2D eigenvalue weighted by Gasteiger charge is -2.35. The van der Waals surface area contributed by atoms with E-state index >= 15 is 0 Å². The van der Waals surface area contributed by atoms with Crippen molar-refractivity contribution in [3.05, 3.63) is 66.5 Å². The van der Waals surface area contributed by atoms with E-state index in [2.05, 4.69) is 37.6 Å². The summed E-state index contributed by atoms with van der Waals surface area (Å²) in [4.78, 5) is 20.6. The Hall–Kier alpha value is -3.68. The zero-order valence-corrected chi connectivity index (χ0v) is 17.0. The van der Waals surface area contributed by atoms with Crippen LogP contribution in [0, 0.1) is 0 Å². The van der Waals surface area contributed by atoms with Gasteiger partial charge in [0, 0.05) is 49.9 Å². The number of amides is 2. The van der Waals surface area contributed by atoms with Gasteiger partial charge in [0.15, 0.2) is 11.6 Å². The summed E-state index contributed by atoms with van der Waals surface area (Å²) in [7, 11) is 0. The number of benzene rings is 1. The Morgan fingerprint density at radius 1 is 0.967 bits per heavy atom. The molecule has 8 nitrogen and oxygen atoms in total. The van der Waals surface area contributed by atoms with Crippen molar-refractivity contribution < 1.29 is 4.79 Å². The van der Waals surface area contributed by atoms with Gasteiger partial charge >= 0.3 is 6.03 Å². The number of nitrogens with one attached hydrogen (secondary N) is 2. The summed E-state index contributed by atoms with van der Waals surface area (Å²) in [6.07, 6.45) is 4.33. The van der Waals surface area contributed by atoms with Gasteiger partial charge in [-0.3, -0.25) is 4.98 Å². The second kappa shape index (κ2) is 9.21. The molecule has 2 N–H and O–H groups in total. The molecular weight excluding hydrogens is 378 g/mol. The number of piperazine rings is 1. The SMILES string of the molecule is CCc1ccccc1NC(=O)N1CCN(c2ccc(Nc3ccncc3)nn2)CC1. The molecule has 1 aliphatic heterocycles. The minimum Gasteiger partial charge on any atom is -0.352 e. The van der Waals surface area contributed by atoms with Crippen LogP contribution in [0.1, 0.15) is 12.5 Å². The zero-order valence-electron chi connectivity index (χ0n) is 17.0. The minimum absolute atomic E-state index is 0.0569. The molecule has 1 aromatic carbocycles. The summed E-state index contributed by atoms with van der Waals surface area (Å²) in [5.41, 5.74) is 2.94. The molecule has 3 heterocycles.